The molecule has 0 spiro atoms. The number of rotatable bonds is 11. The number of carbonyl (C=O) groups excluding carboxylic acids is 3. The van der Waals surface area contributed by atoms with Gasteiger partial charge in [0.15, 0.2) is 5.78 Å². The Balaban J connectivity index is 2.69. The van der Waals surface area contributed by atoms with Crippen molar-refractivity contribution in [3.63, 3.8) is 0 Å². The SMILES string of the molecule is CCOC(=O)C(CC(=O)[C@@H](NC(=O)OCc1ccccc1)C(C)C)CC(C)C. The van der Waals surface area contributed by atoms with Crippen molar-refractivity contribution in [3.05, 3.63) is 35.9 Å². The van der Waals surface area contributed by atoms with Crippen LogP contribution in [0.1, 0.15) is 53.0 Å². The topological polar surface area (TPSA) is 81.7 Å². The van der Waals surface area contributed by atoms with Crippen LogP contribution in [0.2, 0.25) is 0 Å². The second-order valence-electron chi connectivity index (χ2n) is 7.68. The maximum absolute atomic E-state index is 12.8. The van der Waals surface area contributed by atoms with Crippen molar-refractivity contribution < 1.29 is 23.9 Å². The van der Waals surface area contributed by atoms with Gasteiger partial charge in [-0.25, -0.2) is 4.79 Å². The van der Waals surface area contributed by atoms with E-state index in [1.165, 1.54) is 0 Å². The highest BCUT2D eigenvalue weighted by atomic mass is 16.5. The van der Waals surface area contributed by atoms with Crippen molar-refractivity contribution in [1.82, 2.24) is 5.32 Å². The van der Waals surface area contributed by atoms with Gasteiger partial charge in [0.25, 0.3) is 0 Å². The third kappa shape index (κ3) is 8.55. The Morgan fingerprint density at radius 1 is 1.00 bits per heavy atom. The van der Waals surface area contributed by atoms with Gasteiger partial charge in [-0.15, -0.1) is 0 Å². The Bertz CT molecular complexity index is 627. The van der Waals surface area contributed by atoms with Crippen LogP contribution < -0.4 is 5.32 Å². The monoisotopic (exact) mass is 391 g/mol. The van der Waals surface area contributed by atoms with E-state index in [2.05, 4.69) is 5.32 Å². The predicted octanol–water partition coefficient (Wildman–Crippen LogP) is 4.12. The highest BCUT2D eigenvalue weighted by molar-refractivity contribution is 5.90. The van der Waals surface area contributed by atoms with E-state index in [4.69, 9.17) is 9.47 Å². The molecule has 0 saturated heterocycles. The summed E-state index contributed by atoms with van der Waals surface area (Å²) in [4.78, 5) is 37.2. The molecule has 1 amide bonds. The number of Topliss-reactive ketones (excluding diaryl/α,β-unsaturated/α-hetero) is 1. The molecule has 0 radical (unpaired) electrons. The van der Waals surface area contributed by atoms with Crippen molar-refractivity contribution in [2.45, 2.75) is 60.1 Å². The first-order valence-electron chi connectivity index (χ1n) is 9.91. The van der Waals surface area contributed by atoms with E-state index >= 15 is 0 Å². The van der Waals surface area contributed by atoms with Gasteiger partial charge in [0.05, 0.1) is 18.6 Å². The lowest BCUT2D eigenvalue weighted by Gasteiger charge is -2.24. The van der Waals surface area contributed by atoms with E-state index in [1.54, 1.807) is 6.92 Å². The van der Waals surface area contributed by atoms with Gasteiger partial charge in [0.2, 0.25) is 0 Å². The zero-order chi connectivity index (χ0) is 21.1. The molecule has 156 valence electrons. The van der Waals surface area contributed by atoms with E-state index in [1.807, 2.05) is 58.0 Å². The first-order chi connectivity index (χ1) is 13.2. The van der Waals surface area contributed by atoms with E-state index in [9.17, 15) is 14.4 Å². The van der Waals surface area contributed by atoms with Crippen LogP contribution in [0, 0.1) is 17.8 Å². The van der Waals surface area contributed by atoms with Gasteiger partial charge in [-0.2, -0.15) is 0 Å². The summed E-state index contributed by atoms with van der Waals surface area (Å²) in [5.74, 6) is -0.929. The van der Waals surface area contributed by atoms with Crippen LogP contribution in [0.4, 0.5) is 4.79 Å². The summed E-state index contributed by atoms with van der Waals surface area (Å²) in [6.45, 7) is 9.84. The van der Waals surface area contributed by atoms with Crippen LogP contribution in [-0.4, -0.2) is 30.5 Å². The van der Waals surface area contributed by atoms with Gasteiger partial charge in [-0.1, -0.05) is 58.0 Å². The second-order valence-corrected chi connectivity index (χ2v) is 7.68. The van der Waals surface area contributed by atoms with Crippen LogP contribution in [0.3, 0.4) is 0 Å². The number of hydrogen-bond acceptors (Lipinski definition) is 5. The number of nitrogens with one attached hydrogen (secondary N) is 1. The molecule has 0 bridgehead atoms. The van der Waals surface area contributed by atoms with Crippen molar-refractivity contribution in [1.29, 1.82) is 0 Å². The van der Waals surface area contributed by atoms with Crippen LogP contribution in [0.5, 0.6) is 0 Å². The Kier molecular flexibility index (Phi) is 10.3. The molecule has 6 heteroatoms. The van der Waals surface area contributed by atoms with E-state index in [-0.39, 0.29) is 43.2 Å². The highest BCUT2D eigenvalue weighted by Crippen LogP contribution is 2.20. The van der Waals surface area contributed by atoms with Crippen molar-refractivity contribution >= 4 is 17.8 Å². The number of amides is 1. The fourth-order valence-corrected chi connectivity index (χ4v) is 2.97. The van der Waals surface area contributed by atoms with E-state index in [0.717, 1.165) is 5.56 Å². The molecule has 28 heavy (non-hydrogen) atoms. The summed E-state index contributed by atoms with van der Waals surface area (Å²) >= 11 is 0. The number of carbonyl (C=O) groups is 3. The number of hydrogen-bond donors (Lipinski definition) is 1. The van der Waals surface area contributed by atoms with E-state index in [0.29, 0.717) is 6.42 Å². The first-order valence-corrected chi connectivity index (χ1v) is 9.91. The number of alkyl carbamates (subject to hydrolysis) is 1. The smallest absolute Gasteiger partial charge is 0.408 e. The molecule has 1 rings (SSSR count). The number of esters is 1. The lowest BCUT2D eigenvalue weighted by Crippen LogP contribution is -2.45. The molecule has 2 atom stereocenters. The van der Waals surface area contributed by atoms with Gasteiger partial charge >= 0.3 is 12.1 Å². The van der Waals surface area contributed by atoms with E-state index < -0.39 is 18.1 Å². The minimum absolute atomic E-state index is 0.0405. The standard InChI is InChI=1S/C22H33NO5/c1-6-27-21(25)18(12-15(2)3)13-19(24)20(16(4)5)23-22(26)28-14-17-10-8-7-9-11-17/h7-11,15-16,18,20H,6,12-14H2,1-5H3,(H,23,26)/t18?,20-/m0/s1. The third-order valence-electron chi connectivity index (χ3n) is 4.32. The summed E-state index contributed by atoms with van der Waals surface area (Å²) in [5, 5.41) is 2.65. The number of benzene rings is 1. The molecule has 1 aromatic rings. The van der Waals surface area contributed by atoms with Crippen LogP contribution in [0.15, 0.2) is 30.3 Å². The molecule has 0 aromatic heterocycles. The second kappa shape index (κ2) is 12.2. The zero-order valence-electron chi connectivity index (χ0n) is 17.6. The predicted molar refractivity (Wildman–Crippen MR) is 108 cm³/mol. The highest BCUT2D eigenvalue weighted by Gasteiger charge is 2.30. The fraction of sp³-hybridized carbons (Fsp3) is 0.591. The molecular formula is C22H33NO5. The average Bonchev–Trinajstić information content (AvgIpc) is 2.64. The first kappa shape index (κ1) is 23.7. The van der Waals surface area contributed by atoms with Crippen LogP contribution in [-0.2, 0) is 25.7 Å². The number of ether oxygens (including phenoxy) is 2. The summed E-state index contributed by atoms with van der Waals surface area (Å²) < 4.78 is 10.3. The van der Waals surface area contributed by atoms with Gasteiger partial charge < -0.3 is 14.8 Å². The van der Waals surface area contributed by atoms with Crippen LogP contribution >= 0.6 is 0 Å². The molecule has 0 aliphatic rings. The minimum Gasteiger partial charge on any atom is -0.466 e. The molecule has 0 saturated carbocycles. The Hall–Kier alpha value is -2.37. The van der Waals surface area contributed by atoms with Crippen LogP contribution in [0.25, 0.3) is 0 Å². The summed E-state index contributed by atoms with van der Waals surface area (Å²) in [5.41, 5.74) is 0.865. The molecule has 6 nitrogen and oxygen atoms in total. The molecule has 0 aliphatic carbocycles. The molecule has 0 fully saturated rings. The largest absolute Gasteiger partial charge is 0.466 e. The molecular weight excluding hydrogens is 358 g/mol. The minimum atomic E-state index is -0.715. The summed E-state index contributed by atoms with van der Waals surface area (Å²) in [6.07, 6.45) is -0.0420. The zero-order valence-corrected chi connectivity index (χ0v) is 17.6. The normalized spacial score (nSPS) is 13.1. The maximum Gasteiger partial charge on any atom is 0.408 e. The Morgan fingerprint density at radius 3 is 2.18 bits per heavy atom. The Morgan fingerprint density at radius 2 is 1.64 bits per heavy atom. The molecule has 0 heterocycles. The average molecular weight is 392 g/mol. The maximum atomic E-state index is 12.8. The summed E-state index contributed by atoms with van der Waals surface area (Å²) in [6, 6.07) is 8.60. The lowest BCUT2D eigenvalue weighted by molar-refractivity contribution is -0.150. The van der Waals surface area contributed by atoms with Crippen molar-refractivity contribution in [2.24, 2.45) is 17.8 Å². The molecule has 1 N–H and O–H groups in total. The fourth-order valence-electron chi connectivity index (χ4n) is 2.97. The van der Waals surface area contributed by atoms with Gasteiger partial charge in [-0.3, -0.25) is 9.59 Å². The van der Waals surface area contributed by atoms with Gasteiger partial charge in [-0.05, 0) is 30.7 Å². The summed E-state index contributed by atoms with van der Waals surface area (Å²) in [7, 11) is 0. The molecule has 0 aliphatic heterocycles. The molecule has 1 unspecified atom stereocenters. The van der Waals surface area contributed by atoms with Gasteiger partial charge in [0.1, 0.15) is 6.61 Å². The quantitative estimate of drug-likeness (QED) is 0.574. The van der Waals surface area contributed by atoms with Gasteiger partial charge in [0, 0.05) is 6.42 Å². The Labute approximate surface area is 168 Å². The molecule has 1 aromatic carbocycles. The number of ketones is 1. The third-order valence-corrected chi connectivity index (χ3v) is 4.32. The van der Waals surface area contributed by atoms with Crippen molar-refractivity contribution in [3.8, 4) is 0 Å². The van der Waals surface area contributed by atoms with Crippen molar-refractivity contribution in [2.75, 3.05) is 6.61 Å². The lowest BCUT2D eigenvalue weighted by atomic mass is 9.88.